The number of rotatable bonds is 13. The van der Waals surface area contributed by atoms with Crippen LogP contribution in [0.2, 0.25) is 0 Å². The number of sulfonamides is 1. The largest absolute Gasteiger partial charge is 0.352 e. The minimum atomic E-state index is -3.66. The van der Waals surface area contributed by atoms with Gasteiger partial charge in [0.05, 0.1) is 11.9 Å². The van der Waals surface area contributed by atoms with E-state index in [1.165, 1.54) is 28.6 Å². The Hall–Kier alpha value is -3.72. The summed E-state index contributed by atoms with van der Waals surface area (Å²) < 4.78 is 39.7. The number of carbonyl (C=O) groups excluding carboxylic acids is 2. The molecule has 1 aliphatic rings. The molecule has 9 heteroatoms. The Labute approximate surface area is 248 Å². The highest BCUT2D eigenvalue weighted by Gasteiger charge is 2.32. The van der Waals surface area contributed by atoms with Crippen molar-refractivity contribution in [3.05, 3.63) is 101 Å². The molecule has 3 aromatic rings. The van der Waals surface area contributed by atoms with Crippen molar-refractivity contribution in [2.24, 2.45) is 0 Å². The Kier molecular flexibility index (Phi) is 10.7. The minimum absolute atomic E-state index is 0.0427. The van der Waals surface area contributed by atoms with Crippen molar-refractivity contribution in [3.8, 4) is 0 Å². The normalized spacial score (nSPS) is 14.4. The van der Waals surface area contributed by atoms with Gasteiger partial charge in [-0.05, 0) is 61.6 Å². The fourth-order valence-corrected chi connectivity index (χ4v) is 6.51. The third-order valence-electron chi connectivity index (χ3n) is 7.67. The molecule has 1 saturated carbocycles. The molecule has 7 nitrogen and oxygen atoms in total. The van der Waals surface area contributed by atoms with Crippen molar-refractivity contribution >= 4 is 27.5 Å². The quantitative estimate of drug-likeness (QED) is 0.288. The lowest BCUT2D eigenvalue weighted by Crippen LogP contribution is -2.52. The van der Waals surface area contributed by atoms with Gasteiger partial charge in [0.25, 0.3) is 0 Å². The molecular weight excluding hydrogens is 553 g/mol. The molecule has 3 aromatic carbocycles. The van der Waals surface area contributed by atoms with Gasteiger partial charge in [-0.3, -0.25) is 13.9 Å². The van der Waals surface area contributed by atoms with E-state index in [1.807, 2.05) is 61.5 Å². The summed E-state index contributed by atoms with van der Waals surface area (Å²) in [5.41, 5.74) is 3.25. The third-order valence-corrected chi connectivity index (χ3v) is 8.87. The van der Waals surface area contributed by atoms with Crippen molar-refractivity contribution in [2.45, 2.75) is 70.5 Å². The van der Waals surface area contributed by atoms with Gasteiger partial charge >= 0.3 is 0 Å². The van der Waals surface area contributed by atoms with Crippen LogP contribution < -0.4 is 9.62 Å². The van der Waals surface area contributed by atoms with Crippen molar-refractivity contribution in [1.82, 2.24) is 10.2 Å². The Morgan fingerprint density at radius 1 is 0.952 bits per heavy atom. The van der Waals surface area contributed by atoms with Crippen LogP contribution in [0.3, 0.4) is 0 Å². The van der Waals surface area contributed by atoms with Crippen LogP contribution in [-0.4, -0.2) is 50.0 Å². The van der Waals surface area contributed by atoms with E-state index in [0.29, 0.717) is 12.1 Å². The SMILES string of the molecule is Cc1cccc(CN(C(=O)CCCN(c2ccc(F)cc2)S(C)(=O)=O)C(Cc2ccccc2)C(=O)NC2CCCC2)c1. The van der Waals surface area contributed by atoms with Crippen LogP contribution in [0.1, 0.15) is 55.2 Å². The monoisotopic (exact) mass is 593 g/mol. The van der Waals surface area contributed by atoms with Crippen LogP contribution in [-0.2, 0) is 32.6 Å². The molecule has 1 unspecified atom stereocenters. The Bertz CT molecular complexity index is 1440. The molecule has 0 saturated heterocycles. The summed E-state index contributed by atoms with van der Waals surface area (Å²) in [6, 6.07) is 22.1. The maximum absolute atomic E-state index is 13.9. The molecular formula is C33H40FN3O4S. The van der Waals surface area contributed by atoms with Crippen molar-refractivity contribution < 1.29 is 22.4 Å². The van der Waals surface area contributed by atoms with Gasteiger partial charge in [-0.25, -0.2) is 12.8 Å². The van der Waals surface area contributed by atoms with E-state index in [0.717, 1.165) is 48.6 Å². The molecule has 0 bridgehead atoms. The van der Waals surface area contributed by atoms with Crippen LogP contribution in [0.5, 0.6) is 0 Å². The number of hydrogen-bond donors (Lipinski definition) is 1. The third kappa shape index (κ3) is 8.89. The minimum Gasteiger partial charge on any atom is -0.352 e. The lowest BCUT2D eigenvalue weighted by molar-refractivity contribution is -0.141. The molecule has 0 aliphatic heterocycles. The van der Waals surface area contributed by atoms with Gasteiger partial charge in [-0.1, -0.05) is 73.0 Å². The van der Waals surface area contributed by atoms with Crippen LogP contribution in [0.4, 0.5) is 10.1 Å². The van der Waals surface area contributed by atoms with Gasteiger partial charge in [-0.15, -0.1) is 0 Å². The number of nitrogens with one attached hydrogen (secondary N) is 1. The lowest BCUT2D eigenvalue weighted by Gasteiger charge is -2.33. The van der Waals surface area contributed by atoms with Gasteiger partial charge in [0.15, 0.2) is 0 Å². The number of halogens is 1. The molecule has 42 heavy (non-hydrogen) atoms. The van der Waals surface area contributed by atoms with Crippen molar-refractivity contribution in [2.75, 3.05) is 17.1 Å². The second kappa shape index (κ2) is 14.4. The van der Waals surface area contributed by atoms with E-state index >= 15 is 0 Å². The summed E-state index contributed by atoms with van der Waals surface area (Å²) >= 11 is 0. The molecule has 0 heterocycles. The number of carbonyl (C=O) groups is 2. The highest BCUT2D eigenvalue weighted by Crippen LogP contribution is 2.22. The van der Waals surface area contributed by atoms with Crippen molar-refractivity contribution in [3.63, 3.8) is 0 Å². The first-order valence-corrected chi connectivity index (χ1v) is 16.4. The predicted octanol–water partition coefficient (Wildman–Crippen LogP) is 5.38. The predicted molar refractivity (Wildman–Crippen MR) is 164 cm³/mol. The van der Waals surface area contributed by atoms with Crippen LogP contribution in [0.15, 0.2) is 78.9 Å². The zero-order valence-corrected chi connectivity index (χ0v) is 25.2. The zero-order chi connectivity index (χ0) is 30.1. The number of anilines is 1. The van der Waals surface area contributed by atoms with Gasteiger partial charge in [-0.2, -0.15) is 0 Å². The first kappa shape index (κ1) is 31.2. The highest BCUT2D eigenvalue weighted by molar-refractivity contribution is 7.92. The fourth-order valence-electron chi connectivity index (χ4n) is 5.54. The molecule has 2 amide bonds. The number of aryl methyl sites for hydroxylation is 1. The summed E-state index contributed by atoms with van der Waals surface area (Å²) in [7, 11) is -3.66. The van der Waals surface area contributed by atoms with Gasteiger partial charge in [0, 0.05) is 32.0 Å². The summed E-state index contributed by atoms with van der Waals surface area (Å²) in [5.74, 6) is -0.864. The number of hydrogen-bond acceptors (Lipinski definition) is 4. The maximum atomic E-state index is 13.9. The van der Waals surface area contributed by atoms with E-state index in [4.69, 9.17) is 0 Å². The van der Waals surface area contributed by atoms with Gasteiger partial charge in [0.2, 0.25) is 21.8 Å². The molecule has 1 N–H and O–H groups in total. The number of amides is 2. The van der Waals surface area contributed by atoms with Gasteiger partial charge < -0.3 is 10.2 Å². The lowest BCUT2D eigenvalue weighted by atomic mass is 10.0. The van der Waals surface area contributed by atoms with E-state index in [-0.39, 0.29) is 43.8 Å². The zero-order valence-electron chi connectivity index (χ0n) is 24.3. The summed E-state index contributed by atoms with van der Waals surface area (Å²) in [6.07, 6.45) is 5.74. The Morgan fingerprint density at radius 3 is 2.26 bits per heavy atom. The number of nitrogens with zero attached hydrogens (tertiary/aromatic N) is 2. The van der Waals surface area contributed by atoms with Crippen LogP contribution >= 0.6 is 0 Å². The second-order valence-electron chi connectivity index (χ2n) is 11.1. The first-order valence-electron chi connectivity index (χ1n) is 14.5. The molecule has 224 valence electrons. The summed E-state index contributed by atoms with van der Waals surface area (Å²) in [5, 5.41) is 3.20. The fraction of sp³-hybridized carbons (Fsp3) is 0.394. The van der Waals surface area contributed by atoms with Crippen molar-refractivity contribution in [1.29, 1.82) is 0 Å². The molecule has 4 rings (SSSR count). The van der Waals surface area contributed by atoms with E-state index < -0.39 is 21.9 Å². The Balaban J connectivity index is 1.58. The molecule has 0 aromatic heterocycles. The average Bonchev–Trinajstić information content (AvgIpc) is 3.46. The number of benzene rings is 3. The van der Waals surface area contributed by atoms with Crippen LogP contribution in [0, 0.1) is 12.7 Å². The second-order valence-corrected chi connectivity index (χ2v) is 13.0. The topological polar surface area (TPSA) is 86.8 Å². The average molecular weight is 594 g/mol. The summed E-state index contributed by atoms with van der Waals surface area (Å²) in [6.45, 7) is 2.29. The van der Waals surface area contributed by atoms with E-state index in [9.17, 15) is 22.4 Å². The smallest absolute Gasteiger partial charge is 0.243 e. The molecule has 1 atom stereocenters. The molecule has 0 radical (unpaired) electrons. The van der Waals surface area contributed by atoms with Gasteiger partial charge in [0.1, 0.15) is 11.9 Å². The standard InChI is InChI=1S/C33H40FN3O4S/c1-25-10-8-13-27(22-25)24-36(31(23-26-11-4-3-5-12-26)33(39)35-29-14-6-7-15-29)32(38)16-9-21-37(42(2,40)41)30-19-17-28(34)18-20-30/h3-5,8,10-13,17-20,22,29,31H,6-7,9,14-16,21,23-24H2,1-2H3,(H,35,39). The van der Waals surface area contributed by atoms with E-state index in [1.54, 1.807) is 4.90 Å². The first-order chi connectivity index (χ1) is 20.1. The summed E-state index contributed by atoms with van der Waals surface area (Å²) in [4.78, 5) is 29.4. The molecule has 1 aliphatic carbocycles. The highest BCUT2D eigenvalue weighted by atomic mass is 32.2. The molecule has 1 fully saturated rings. The maximum Gasteiger partial charge on any atom is 0.243 e. The van der Waals surface area contributed by atoms with E-state index in [2.05, 4.69) is 5.32 Å². The van der Waals surface area contributed by atoms with Crippen LogP contribution in [0.25, 0.3) is 0 Å². The Morgan fingerprint density at radius 2 is 1.62 bits per heavy atom. The molecule has 0 spiro atoms.